The van der Waals surface area contributed by atoms with Gasteiger partial charge in [0.15, 0.2) is 18.0 Å². The van der Waals surface area contributed by atoms with Crippen molar-refractivity contribution in [2.24, 2.45) is 0 Å². The molecule has 0 spiro atoms. The number of aryl methyl sites for hydroxylation is 1. The minimum absolute atomic E-state index is 0.146. The number of carbonyl (C=O) groups is 1. The predicted molar refractivity (Wildman–Crippen MR) is 97.9 cm³/mol. The van der Waals surface area contributed by atoms with Gasteiger partial charge in [0.2, 0.25) is 6.79 Å². The SMILES string of the molecule is Cc1ccc(Cl)c(NC(=O)C[NH+](C)Cc2ccc3c(c2)OCO3)c1Cl. The Labute approximate surface area is 156 Å². The zero-order valence-electron chi connectivity index (χ0n) is 14.0. The molecule has 132 valence electrons. The number of anilines is 1. The molecule has 3 rings (SSSR count). The largest absolute Gasteiger partial charge is 0.454 e. The van der Waals surface area contributed by atoms with Crippen LogP contribution in [-0.2, 0) is 11.3 Å². The lowest BCUT2D eigenvalue weighted by Crippen LogP contribution is -3.08. The molecule has 2 aromatic carbocycles. The first-order valence-corrected chi connectivity index (χ1v) is 8.64. The van der Waals surface area contributed by atoms with Gasteiger partial charge in [0, 0.05) is 5.56 Å². The van der Waals surface area contributed by atoms with Gasteiger partial charge in [0.05, 0.1) is 22.8 Å². The van der Waals surface area contributed by atoms with E-state index in [-0.39, 0.29) is 19.2 Å². The van der Waals surface area contributed by atoms with Crippen LogP contribution in [0.2, 0.25) is 10.0 Å². The zero-order chi connectivity index (χ0) is 18.0. The van der Waals surface area contributed by atoms with Gasteiger partial charge in [-0.1, -0.05) is 29.3 Å². The average molecular weight is 382 g/mol. The van der Waals surface area contributed by atoms with E-state index in [0.717, 1.165) is 27.5 Å². The van der Waals surface area contributed by atoms with Crippen LogP contribution in [0.1, 0.15) is 11.1 Å². The normalized spacial score (nSPS) is 13.6. The number of rotatable bonds is 5. The molecule has 1 amide bonds. The number of likely N-dealkylation sites (N-methyl/N-ethyl adjacent to an activating group) is 1. The highest BCUT2D eigenvalue weighted by Gasteiger charge is 2.17. The fourth-order valence-corrected chi connectivity index (χ4v) is 3.16. The van der Waals surface area contributed by atoms with Crippen molar-refractivity contribution in [1.82, 2.24) is 0 Å². The van der Waals surface area contributed by atoms with Crippen LogP contribution < -0.4 is 19.7 Å². The summed E-state index contributed by atoms with van der Waals surface area (Å²) in [4.78, 5) is 13.3. The molecule has 1 atom stereocenters. The second kappa shape index (κ2) is 7.52. The number of amides is 1. The highest BCUT2D eigenvalue weighted by molar-refractivity contribution is 6.40. The second-order valence-corrected chi connectivity index (χ2v) is 6.88. The number of hydrogen-bond acceptors (Lipinski definition) is 3. The maximum absolute atomic E-state index is 12.3. The van der Waals surface area contributed by atoms with Crippen molar-refractivity contribution < 1.29 is 19.2 Å². The van der Waals surface area contributed by atoms with Crippen LogP contribution in [0.4, 0.5) is 5.69 Å². The molecule has 1 heterocycles. The molecule has 25 heavy (non-hydrogen) atoms. The van der Waals surface area contributed by atoms with Crippen molar-refractivity contribution in [1.29, 1.82) is 0 Å². The molecular formula is C18H19Cl2N2O3+. The van der Waals surface area contributed by atoms with E-state index in [1.165, 1.54) is 0 Å². The standard InChI is InChI=1S/C18H18Cl2N2O3/c1-11-3-5-13(19)18(17(11)20)21-16(23)9-22(2)8-12-4-6-14-15(7-12)25-10-24-14/h3-7H,8-10H2,1-2H3,(H,21,23)/p+1. The first kappa shape index (κ1) is 17.9. The smallest absolute Gasteiger partial charge is 0.279 e. The molecule has 0 aliphatic carbocycles. The van der Waals surface area contributed by atoms with Gasteiger partial charge in [-0.3, -0.25) is 4.79 Å². The third-order valence-electron chi connectivity index (χ3n) is 3.95. The number of halogens is 2. The average Bonchev–Trinajstić information content (AvgIpc) is 3.02. The molecule has 1 aliphatic heterocycles. The minimum Gasteiger partial charge on any atom is -0.454 e. The summed E-state index contributed by atoms with van der Waals surface area (Å²) in [5, 5.41) is 3.70. The fourth-order valence-electron chi connectivity index (χ4n) is 2.69. The number of benzene rings is 2. The summed E-state index contributed by atoms with van der Waals surface area (Å²) in [5.41, 5.74) is 2.40. The molecule has 0 radical (unpaired) electrons. The van der Waals surface area contributed by atoms with Crippen LogP contribution in [0, 0.1) is 6.92 Å². The van der Waals surface area contributed by atoms with Gasteiger partial charge in [0.25, 0.3) is 5.91 Å². The van der Waals surface area contributed by atoms with Crippen LogP contribution in [0.5, 0.6) is 11.5 Å². The Bertz CT molecular complexity index is 811. The van der Waals surface area contributed by atoms with E-state index in [1.54, 1.807) is 6.07 Å². The summed E-state index contributed by atoms with van der Waals surface area (Å²) < 4.78 is 10.7. The monoisotopic (exact) mass is 381 g/mol. The highest BCUT2D eigenvalue weighted by Crippen LogP contribution is 2.33. The second-order valence-electron chi connectivity index (χ2n) is 6.10. The Balaban J connectivity index is 1.60. The van der Waals surface area contributed by atoms with Gasteiger partial charge >= 0.3 is 0 Å². The first-order chi connectivity index (χ1) is 11.9. The van der Waals surface area contributed by atoms with E-state index in [9.17, 15) is 4.79 Å². The van der Waals surface area contributed by atoms with Gasteiger partial charge in [-0.05, 0) is 36.8 Å². The molecule has 7 heteroatoms. The van der Waals surface area contributed by atoms with E-state index in [0.29, 0.717) is 22.3 Å². The van der Waals surface area contributed by atoms with Gasteiger partial charge in [0.1, 0.15) is 6.54 Å². The highest BCUT2D eigenvalue weighted by atomic mass is 35.5. The Morgan fingerprint density at radius 2 is 1.96 bits per heavy atom. The van der Waals surface area contributed by atoms with Crippen molar-refractivity contribution in [2.75, 3.05) is 25.7 Å². The fraction of sp³-hybridized carbons (Fsp3) is 0.278. The van der Waals surface area contributed by atoms with Crippen LogP contribution in [-0.4, -0.2) is 26.3 Å². The summed E-state index contributed by atoms with van der Waals surface area (Å²) in [5.74, 6) is 1.35. The van der Waals surface area contributed by atoms with Crippen molar-refractivity contribution in [2.45, 2.75) is 13.5 Å². The van der Waals surface area contributed by atoms with E-state index in [1.807, 2.05) is 38.2 Å². The third-order valence-corrected chi connectivity index (χ3v) is 4.76. The number of fused-ring (bicyclic) bond motifs is 1. The molecule has 0 bridgehead atoms. The lowest BCUT2D eigenvalue weighted by atomic mass is 10.2. The van der Waals surface area contributed by atoms with Crippen LogP contribution in [0.3, 0.4) is 0 Å². The zero-order valence-corrected chi connectivity index (χ0v) is 15.5. The number of nitrogens with one attached hydrogen (secondary N) is 2. The third kappa shape index (κ3) is 4.18. The van der Waals surface area contributed by atoms with Crippen LogP contribution >= 0.6 is 23.2 Å². The number of quaternary nitrogens is 1. The Morgan fingerprint density at radius 1 is 1.20 bits per heavy atom. The summed E-state index contributed by atoms with van der Waals surface area (Å²) in [6.45, 7) is 3.08. The van der Waals surface area contributed by atoms with E-state index in [2.05, 4.69) is 5.32 Å². The molecule has 0 saturated heterocycles. The van der Waals surface area contributed by atoms with Crippen molar-refractivity contribution >= 4 is 34.8 Å². The molecule has 1 aliphatic rings. The van der Waals surface area contributed by atoms with Gasteiger partial charge in [-0.25, -0.2) is 0 Å². The number of carbonyl (C=O) groups excluding carboxylic acids is 1. The van der Waals surface area contributed by atoms with Crippen molar-refractivity contribution in [3.05, 3.63) is 51.5 Å². The first-order valence-electron chi connectivity index (χ1n) is 7.88. The summed E-state index contributed by atoms with van der Waals surface area (Å²) in [6, 6.07) is 9.34. The molecule has 0 aromatic heterocycles. The number of hydrogen-bond donors (Lipinski definition) is 2. The van der Waals surface area contributed by atoms with Gasteiger partial charge in [-0.15, -0.1) is 0 Å². The Hall–Kier alpha value is -1.95. The molecule has 0 saturated carbocycles. The van der Waals surface area contributed by atoms with Gasteiger partial charge in [-0.2, -0.15) is 0 Å². The molecule has 5 nitrogen and oxygen atoms in total. The Kier molecular flexibility index (Phi) is 5.37. The maximum Gasteiger partial charge on any atom is 0.279 e. The molecule has 0 fully saturated rings. The van der Waals surface area contributed by atoms with E-state index >= 15 is 0 Å². The van der Waals surface area contributed by atoms with Crippen molar-refractivity contribution in [3.8, 4) is 11.5 Å². The predicted octanol–water partition coefficient (Wildman–Crippen LogP) is 2.68. The topological polar surface area (TPSA) is 52.0 Å². The molecule has 2 N–H and O–H groups in total. The number of ether oxygens (including phenoxy) is 2. The summed E-state index contributed by atoms with van der Waals surface area (Å²) in [6.07, 6.45) is 0. The van der Waals surface area contributed by atoms with E-state index < -0.39 is 0 Å². The molecular weight excluding hydrogens is 363 g/mol. The summed E-state index contributed by atoms with van der Waals surface area (Å²) in [7, 11) is 1.95. The minimum atomic E-state index is -0.146. The van der Waals surface area contributed by atoms with Crippen LogP contribution in [0.15, 0.2) is 30.3 Å². The quantitative estimate of drug-likeness (QED) is 0.836. The van der Waals surface area contributed by atoms with Gasteiger partial charge < -0.3 is 19.7 Å². The Morgan fingerprint density at radius 3 is 2.76 bits per heavy atom. The van der Waals surface area contributed by atoms with E-state index in [4.69, 9.17) is 32.7 Å². The van der Waals surface area contributed by atoms with Crippen LogP contribution in [0.25, 0.3) is 0 Å². The molecule has 2 aromatic rings. The lowest BCUT2D eigenvalue weighted by Gasteiger charge is -2.15. The van der Waals surface area contributed by atoms with Crippen molar-refractivity contribution in [3.63, 3.8) is 0 Å². The lowest BCUT2D eigenvalue weighted by molar-refractivity contribution is -0.885. The maximum atomic E-state index is 12.3. The molecule has 1 unspecified atom stereocenters. The summed E-state index contributed by atoms with van der Waals surface area (Å²) >= 11 is 12.4.